The van der Waals surface area contributed by atoms with Gasteiger partial charge in [0, 0.05) is 17.1 Å². The maximum atomic E-state index is 12.5. The van der Waals surface area contributed by atoms with E-state index in [-0.39, 0.29) is 17.8 Å². The van der Waals surface area contributed by atoms with Gasteiger partial charge in [0.2, 0.25) is 0 Å². The van der Waals surface area contributed by atoms with Crippen LogP contribution in [-0.4, -0.2) is 23.1 Å². The zero-order valence-corrected chi connectivity index (χ0v) is 13.7. The first-order valence-corrected chi connectivity index (χ1v) is 7.52. The molecule has 2 aromatic heterocycles. The summed E-state index contributed by atoms with van der Waals surface area (Å²) in [7, 11) is 1.48. The van der Waals surface area contributed by atoms with Crippen molar-refractivity contribution in [2.24, 2.45) is 0 Å². The number of aliphatic hydroxyl groups is 1. The second-order valence-electron chi connectivity index (χ2n) is 5.37. The number of anilines is 1. The first-order valence-electron chi connectivity index (χ1n) is 7.52. The van der Waals surface area contributed by atoms with Crippen LogP contribution in [0.2, 0.25) is 0 Å². The van der Waals surface area contributed by atoms with Crippen LogP contribution >= 0.6 is 0 Å². The average molecular weight is 340 g/mol. The number of para-hydroxylation sites is 2. The number of carbonyl (C=O) groups is 1. The third-order valence-electron chi connectivity index (χ3n) is 3.81. The second kappa shape index (κ2) is 6.74. The van der Waals surface area contributed by atoms with Crippen LogP contribution in [0.5, 0.6) is 5.75 Å². The number of rotatable bonds is 4. The molecular formula is C18H16N2O5. The molecule has 128 valence electrons. The fraction of sp³-hybridized carbons (Fsp3) is 0.167. The van der Waals surface area contributed by atoms with Crippen LogP contribution in [0.3, 0.4) is 0 Å². The van der Waals surface area contributed by atoms with Crippen LogP contribution in [-0.2, 0) is 6.61 Å². The van der Waals surface area contributed by atoms with Crippen molar-refractivity contribution in [3.8, 4) is 5.75 Å². The van der Waals surface area contributed by atoms with Crippen LogP contribution in [0.4, 0.5) is 5.69 Å². The fourth-order valence-electron chi connectivity index (χ4n) is 2.50. The number of methoxy groups -OCH3 is 1. The molecule has 2 heterocycles. The molecule has 7 nitrogen and oxygen atoms in total. The number of benzene rings is 1. The molecule has 2 N–H and O–H groups in total. The molecule has 0 unspecified atom stereocenters. The van der Waals surface area contributed by atoms with Gasteiger partial charge in [-0.25, -0.2) is 4.79 Å². The molecule has 3 aromatic rings. The molecule has 1 amide bonds. The Labute approximate surface area is 142 Å². The van der Waals surface area contributed by atoms with Crippen molar-refractivity contribution in [1.82, 2.24) is 4.98 Å². The number of nitrogens with zero attached hydrogens (tertiary/aromatic N) is 1. The van der Waals surface area contributed by atoms with Crippen LogP contribution in [0, 0.1) is 6.92 Å². The SMILES string of the molecule is COc1ccccc1NC(=O)c1cc2c(CO)cnc(C)c2oc1=O. The Morgan fingerprint density at radius 2 is 2.12 bits per heavy atom. The number of carbonyl (C=O) groups excluding carboxylic acids is 1. The third kappa shape index (κ3) is 3.09. The Morgan fingerprint density at radius 3 is 2.84 bits per heavy atom. The van der Waals surface area contributed by atoms with Crippen LogP contribution < -0.4 is 15.7 Å². The number of fused-ring (bicyclic) bond motifs is 1. The Kier molecular flexibility index (Phi) is 4.49. The van der Waals surface area contributed by atoms with Gasteiger partial charge in [0.1, 0.15) is 11.3 Å². The number of hydrogen-bond acceptors (Lipinski definition) is 6. The lowest BCUT2D eigenvalue weighted by Crippen LogP contribution is -2.21. The first-order chi connectivity index (χ1) is 12.0. The highest BCUT2D eigenvalue weighted by atomic mass is 16.5. The predicted octanol–water partition coefficient (Wildman–Crippen LogP) is 2.25. The minimum Gasteiger partial charge on any atom is -0.495 e. The molecule has 1 aromatic carbocycles. The molecule has 0 bridgehead atoms. The van der Waals surface area contributed by atoms with E-state index in [1.165, 1.54) is 19.4 Å². The van der Waals surface area contributed by atoms with Crippen molar-refractivity contribution in [2.75, 3.05) is 12.4 Å². The van der Waals surface area contributed by atoms with Crippen molar-refractivity contribution in [3.63, 3.8) is 0 Å². The minimum atomic E-state index is -0.778. The van der Waals surface area contributed by atoms with Crippen LogP contribution in [0.25, 0.3) is 11.0 Å². The smallest absolute Gasteiger partial charge is 0.349 e. The maximum absolute atomic E-state index is 12.5. The van der Waals surface area contributed by atoms with Gasteiger partial charge in [-0.05, 0) is 25.1 Å². The van der Waals surface area contributed by atoms with Gasteiger partial charge in [-0.1, -0.05) is 12.1 Å². The van der Waals surface area contributed by atoms with E-state index in [4.69, 9.17) is 9.15 Å². The summed E-state index contributed by atoms with van der Waals surface area (Å²) in [6, 6.07) is 8.26. The average Bonchev–Trinajstić information content (AvgIpc) is 2.62. The fourth-order valence-corrected chi connectivity index (χ4v) is 2.50. The molecule has 25 heavy (non-hydrogen) atoms. The molecule has 0 aliphatic heterocycles. The van der Waals surface area contributed by atoms with E-state index >= 15 is 0 Å². The van der Waals surface area contributed by atoms with E-state index in [0.717, 1.165) is 0 Å². The van der Waals surface area contributed by atoms with Crippen molar-refractivity contribution in [2.45, 2.75) is 13.5 Å². The van der Waals surface area contributed by atoms with Crippen molar-refractivity contribution in [3.05, 3.63) is 63.8 Å². The van der Waals surface area contributed by atoms with E-state index in [2.05, 4.69) is 10.3 Å². The highest BCUT2D eigenvalue weighted by Crippen LogP contribution is 2.24. The first kappa shape index (κ1) is 16.7. The number of ether oxygens (including phenoxy) is 1. The number of amides is 1. The summed E-state index contributed by atoms with van der Waals surface area (Å²) in [5, 5.41) is 12.6. The lowest BCUT2D eigenvalue weighted by atomic mass is 10.1. The molecule has 0 saturated heterocycles. The van der Waals surface area contributed by atoms with E-state index in [9.17, 15) is 14.7 Å². The summed E-state index contributed by atoms with van der Waals surface area (Å²) in [5.74, 6) is -0.157. The van der Waals surface area contributed by atoms with Gasteiger partial charge in [0.05, 0.1) is 25.1 Å². The molecule has 0 aliphatic carbocycles. The lowest BCUT2D eigenvalue weighted by Gasteiger charge is -2.10. The summed E-state index contributed by atoms with van der Waals surface area (Å²) < 4.78 is 10.4. The van der Waals surface area contributed by atoms with Gasteiger partial charge in [-0.3, -0.25) is 9.78 Å². The van der Waals surface area contributed by atoms with Crippen molar-refractivity contribution in [1.29, 1.82) is 0 Å². The number of aryl methyl sites for hydroxylation is 1. The Balaban J connectivity index is 2.07. The number of aliphatic hydroxyl groups excluding tert-OH is 1. The number of pyridine rings is 1. The molecular weight excluding hydrogens is 324 g/mol. The van der Waals surface area contributed by atoms with Gasteiger partial charge in [0.25, 0.3) is 5.91 Å². The molecule has 3 rings (SSSR count). The zero-order chi connectivity index (χ0) is 18.0. The van der Waals surface area contributed by atoms with E-state index in [1.807, 2.05) is 0 Å². The predicted molar refractivity (Wildman–Crippen MR) is 91.9 cm³/mol. The van der Waals surface area contributed by atoms with E-state index in [0.29, 0.717) is 28.1 Å². The van der Waals surface area contributed by atoms with Gasteiger partial charge in [-0.2, -0.15) is 0 Å². The van der Waals surface area contributed by atoms with Gasteiger partial charge in [0.15, 0.2) is 5.58 Å². The van der Waals surface area contributed by atoms with Crippen LogP contribution in [0.15, 0.2) is 45.7 Å². The molecule has 0 spiro atoms. The number of aromatic nitrogens is 1. The molecule has 0 fully saturated rings. The monoisotopic (exact) mass is 340 g/mol. The van der Waals surface area contributed by atoms with Crippen molar-refractivity contribution < 1.29 is 19.1 Å². The zero-order valence-electron chi connectivity index (χ0n) is 13.7. The number of hydrogen-bond donors (Lipinski definition) is 2. The summed E-state index contributed by atoms with van der Waals surface area (Å²) in [4.78, 5) is 28.8. The van der Waals surface area contributed by atoms with E-state index < -0.39 is 11.5 Å². The topological polar surface area (TPSA) is 102 Å². The number of nitrogens with one attached hydrogen (secondary N) is 1. The Hall–Kier alpha value is -3.19. The quantitative estimate of drug-likeness (QED) is 0.755. The van der Waals surface area contributed by atoms with Gasteiger partial charge >= 0.3 is 5.63 Å². The van der Waals surface area contributed by atoms with Crippen molar-refractivity contribution >= 4 is 22.6 Å². The standard InChI is InChI=1S/C18H16N2O5/c1-10-16-12(11(9-21)8-19-10)7-13(18(23)25-16)17(22)20-14-5-3-4-6-15(14)24-2/h3-8,21H,9H2,1-2H3,(H,20,22). The normalized spacial score (nSPS) is 10.7. The highest BCUT2D eigenvalue weighted by molar-refractivity contribution is 6.06. The minimum absolute atomic E-state index is 0.168. The van der Waals surface area contributed by atoms with E-state index in [1.54, 1.807) is 31.2 Å². The molecule has 0 saturated carbocycles. The molecule has 7 heteroatoms. The summed E-state index contributed by atoms with van der Waals surface area (Å²) >= 11 is 0. The second-order valence-corrected chi connectivity index (χ2v) is 5.37. The van der Waals surface area contributed by atoms with Gasteiger partial charge < -0.3 is 19.6 Å². The molecule has 0 radical (unpaired) electrons. The highest BCUT2D eigenvalue weighted by Gasteiger charge is 2.18. The molecule has 0 atom stereocenters. The maximum Gasteiger partial charge on any atom is 0.349 e. The molecule has 0 aliphatic rings. The van der Waals surface area contributed by atoms with Gasteiger partial charge in [-0.15, -0.1) is 0 Å². The van der Waals surface area contributed by atoms with Crippen LogP contribution in [0.1, 0.15) is 21.6 Å². The summed E-state index contributed by atoms with van der Waals surface area (Å²) in [5.41, 5.74) is 0.712. The summed E-state index contributed by atoms with van der Waals surface area (Å²) in [6.07, 6.45) is 1.49. The Bertz CT molecular complexity index is 1010. The summed E-state index contributed by atoms with van der Waals surface area (Å²) in [6.45, 7) is 1.39. The third-order valence-corrected chi connectivity index (χ3v) is 3.81. The Morgan fingerprint density at radius 1 is 1.36 bits per heavy atom. The lowest BCUT2D eigenvalue weighted by molar-refractivity contribution is 0.102. The largest absolute Gasteiger partial charge is 0.495 e.